The summed E-state index contributed by atoms with van der Waals surface area (Å²) in [5.74, 6) is 1.28. The number of halogens is 1. The SMILES string of the molecule is C=CCn1c(SCc2csc(N(C(C)=O)c3ccccc3)n2)nnc1-c1ccc(Cl)cc1. The average molecular weight is 482 g/mol. The van der Waals surface area contributed by atoms with Crippen LogP contribution in [0, 0.1) is 0 Å². The molecule has 2 aromatic heterocycles. The van der Waals surface area contributed by atoms with Crippen LogP contribution in [0.15, 0.2) is 77.8 Å². The summed E-state index contributed by atoms with van der Waals surface area (Å²) < 4.78 is 2.01. The minimum Gasteiger partial charge on any atom is -0.298 e. The Balaban J connectivity index is 1.53. The standard InChI is InChI=1S/C23H20ClN5OS2/c1-3-13-28-21(17-9-11-18(24)12-10-17)26-27-23(28)32-15-19-14-31-22(25-19)29(16(2)30)20-7-5-4-6-8-20/h3-12,14H,1,13,15H2,2H3. The molecule has 0 radical (unpaired) electrons. The fourth-order valence-electron chi connectivity index (χ4n) is 3.11. The molecule has 0 aliphatic carbocycles. The third kappa shape index (κ3) is 4.93. The Labute approximate surface area is 199 Å². The summed E-state index contributed by atoms with van der Waals surface area (Å²) in [5.41, 5.74) is 2.61. The van der Waals surface area contributed by atoms with Crippen molar-refractivity contribution in [3.05, 3.63) is 83.3 Å². The molecule has 6 nitrogen and oxygen atoms in total. The first-order valence-electron chi connectivity index (χ1n) is 9.80. The van der Waals surface area contributed by atoms with Crippen LogP contribution in [0.25, 0.3) is 11.4 Å². The molecule has 32 heavy (non-hydrogen) atoms. The summed E-state index contributed by atoms with van der Waals surface area (Å²) in [6.07, 6.45) is 1.82. The molecule has 0 atom stereocenters. The summed E-state index contributed by atoms with van der Waals surface area (Å²) in [6, 6.07) is 17.0. The van der Waals surface area contributed by atoms with Crippen molar-refractivity contribution in [1.29, 1.82) is 0 Å². The van der Waals surface area contributed by atoms with Crippen LogP contribution in [-0.2, 0) is 17.1 Å². The molecular weight excluding hydrogens is 462 g/mol. The van der Waals surface area contributed by atoms with Gasteiger partial charge in [-0.05, 0) is 36.4 Å². The lowest BCUT2D eigenvalue weighted by atomic mass is 10.2. The van der Waals surface area contributed by atoms with Crippen molar-refractivity contribution in [2.45, 2.75) is 24.4 Å². The van der Waals surface area contributed by atoms with Crippen LogP contribution in [0.4, 0.5) is 10.8 Å². The van der Waals surface area contributed by atoms with E-state index in [0.29, 0.717) is 22.5 Å². The molecule has 0 saturated carbocycles. The first-order chi connectivity index (χ1) is 15.6. The molecule has 9 heteroatoms. The Kier molecular flexibility index (Phi) is 7.04. The highest BCUT2D eigenvalue weighted by atomic mass is 35.5. The van der Waals surface area contributed by atoms with Crippen LogP contribution >= 0.6 is 34.7 Å². The fraction of sp³-hybridized carbons (Fsp3) is 0.130. The molecule has 2 heterocycles. The molecule has 2 aromatic carbocycles. The number of nitrogens with zero attached hydrogens (tertiary/aromatic N) is 5. The van der Waals surface area contributed by atoms with Gasteiger partial charge in [-0.1, -0.05) is 47.6 Å². The largest absolute Gasteiger partial charge is 0.298 e. The molecule has 0 N–H and O–H groups in total. The highest BCUT2D eigenvalue weighted by Gasteiger charge is 2.19. The van der Waals surface area contributed by atoms with Crippen molar-refractivity contribution in [2.75, 3.05) is 4.90 Å². The summed E-state index contributed by atoms with van der Waals surface area (Å²) in [5, 5.41) is 12.8. The van der Waals surface area contributed by atoms with E-state index >= 15 is 0 Å². The van der Waals surface area contributed by atoms with E-state index < -0.39 is 0 Å². The number of amides is 1. The van der Waals surface area contributed by atoms with E-state index in [1.807, 2.05) is 70.6 Å². The first-order valence-corrected chi connectivity index (χ1v) is 12.0. The van der Waals surface area contributed by atoms with Crippen molar-refractivity contribution in [1.82, 2.24) is 19.7 Å². The molecule has 4 rings (SSSR count). The highest BCUT2D eigenvalue weighted by Crippen LogP contribution is 2.32. The molecule has 0 fully saturated rings. The second-order valence-electron chi connectivity index (χ2n) is 6.81. The van der Waals surface area contributed by atoms with Crippen LogP contribution in [0.3, 0.4) is 0 Å². The quantitative estimate of drug-likeness (QED) is 0.221. The van der Waals surface area contributed by atoms with Crippen molar-refractivity contribution in [3.8, 4) is 11.4 Å². The second kappa shape index (κ2) is 10.1. The van der Waals surface area contributed by atoms with Crippen molar-refractivity contribution < 1.29 is 4.79 Å². The molecule has 0 aliphatic rings. The van der Waals surface area contributed by atoms with Gasteiger partial charge in [-0.2, -0.15) is 0 Å². The summed E-state index contributed by atoms with van der Waals surface area (Å²) in [7, 11) is 0. The molecule has 1 amide bonds. The minimum absolute atomic E-state index is 0.0805. The van der Waals surface area contributed by atoms with E-state index in [1.165, 1.54) is 11.3 Å². The Morgan fingerprint density at radius 1 is 1.19 bits per heavy atom. The number of aromatic nitrogens is 4. The van der Waals surface area contributed by atoms with Gasteiger partial charge in [0.15, 0.2) is 16.1 Å². The fourth-order valence-corrected chi connectivity index (χ4v) is 5.07. The van der Waals surface area contributed by atoms with Crippen molar-refractivity contribution in [3.63, 3.8) is 0 Å². The van der Waals surface area contributed by atoms with Crippen LogP contribution in [0.1, 0.15) is 12.6 Å². The van der Waals surface area contributed by atoms with Crippen molar-refractivity contribution in [2.24, 2.45) is 0 Å². The number of hydrogen-bond donors (Lipinski definition) is 0. The molecule has 0 saturated heterocycles. The van der Waals surface area contributed by atoms with Gasteiger partial charge in [0.05, 0.1) is 11.4 Å². The predicted octanol–water partition coefficient (Wildman–Crippen LogP) is 6.22. The maximum Gasteiger partial charge on any atom is 0.230 e. The zero-order chi connectivity index (χ0) is 22.5. The molecule has 0 spiro atoms. The van der Waals surface area contributed by atoms with E-state index in [-0.39, 0.29) is 5.91 Å². The Bertz CT molecular complexity index is 1220. The Morgan fingerprint density at radius 3 is 2.62 bits per heavy atom. The number of anilines is 2. The lowest BCUT2D eigenvalue weighted by molar-refractivity contribution is -0.115. The number of thiazole rings is 1. The number of hydrogen-bond acceptors (Lipinski definition) is 6. The van der Waals surface area contributed by atoms with Gasteiger partial charge in [-0.15, -0.1) is 28.1 Å². The molecule has 0 unspecified atom stereocenters. The smallest absolute Gasteiger partial charge is 0.230 e. The maximum atomic E-state index is 12.3. The zero-order valence-corrected chi connectivity index (χ0v) is 19.7. The van der Waals surface area contributed by atoms with Gasteiger partial charge < -0.3 is 0 Å². The number of rotatable bonds is 8. The van der Waals surface area contributed by atoms with Gasteiger partial charge in [0.1, 0.15) is 0 Å². The van der Waals surface area contributed by atoms with Crippen LogP contribution in [0.5, 0.6) is 0 Å². The van der Waals surface area contributed by atoms with E-state index in [1.54, 1.807) is 23.6 Å². The van der Waals surface area contributed by atoms with Crippen LogP contribution in [-0.4, -0.2) is 25.7 Å². The average Bonchev–Trinajstić information content (AvgIpc) is 3.41. The lowest BCUT2D eigenvalue weighted by Gasteiger charge is -2.17. The number of thioether (sulfide) groups is 1. The molecule has 0 aliphatic heterocycles. The second-order valence-corrected chi connectivity index (χ2v) is 9.03. The topological polar surface area (TPSA) is 63.9 Å². The van der Waals surface area contributed by atoms with E-state index in [2.05, 4.69) is 21.8 Å². The molecule has 162 valence electrons. The summed E-state index contributed by atoms with van der Waals surface area (Å²) in [6.45, 7) is 5.98. The first kappa shape index (κ1) is 22.3. The van der Waals surface area contributed by atoms with Crippen molar-refractivity contribution >= 4 is 51.4 Å². The zero-order valence-electron chi connectivity index (χ0n) is 17.3. The third-order valence-corrected chi connectivity index (χ3v) is 6.67. The van der Waals surface area contributed by atoms with Gasteiger partial charge in [0.2, 0.25) is 5.91 Å². The monoisotopic (exact) mass is 481 g/mol. The normalized spacial score (nSPS) is 10.8. The maximum absolute atomic E-state index is 12.3. The van der Waals surface area contributed by atoms with Crippen LogP contribution < -0.4 is 4.90 Å². The van der Waals surface area contributed by atoms with Crippen LogP contribution in [0.2, 0.25) is 5.02 Å². The summed E-state index contributed by atoms with van der Waals surface area (Å²) in [4.78, 5) is 18.6. The number of carbonyl (C=O) groups excluding carboxylic acids is 1. The van der Waals surface area contributed by atoms with Gasteiger partial charge >= 0.3 is 0 Å². The predicted molar refractivity (Wildman–Crippen MR) is 132 cm³/mol. The molecular formula is C23H20ClN5OS2. The number of carbonyl (C=O) groups is 1. The van der Waals surface area contributed by atoms with Gasteiger partial charge in [-0.25, -0.2) is 4.98 Å². The molecule has 4 aromatic rings. The number of para-hydroxylation sites is 1. The third-order valence-electron chi connectivity index (χ3n) is 4.54. The highest BCUT2D eigenvalue weighted by molar-refractivity contribution is 7.98. The van der Waals surface area contributed by atoms with Gasteiger partial charge in [0.25, 0.3) is 0 Å². The van der Waals surface area contributed by atoms with E-state index in [0.717, 1.165) is 27.9 Å². The van der Waals surface area contributed by atoms with E-state index in [9.17, 15) is 4.79 Å². The van der Waals surface area contributed by atoms with E-state index in [4.69, 9.17) is 11.6 Å². The van der Waals surface area contributed by atoms with Gasteiger partial charge in [0, 0.05) is 35.2 Å². The van der Waals surface area contributed by atoms with Gasteiger partial charge in [-0.3, -0.25) is 14.3 Å². The number of allylic oxidation sites excluding steroid dienone is 1. The lowest BCUT2D eigenvalue weighted by Crippen LogP contribution is -2.22. The number of benzene rings is 2. The summed E-state index contributed by atoms with van der Waals surface area (Å²) >= 11 is 9.00. The Hall–Kier alpha value is -2.94. The Morgan fingerprint density at radius 2 is 1.94 bits per heavy atom. The molecule has 0 bridgehead atoms. The minimum atomic E-state index is -0.0805.